The Morgan fingerprint density at radius 3 is 1.66 bits per heavy atom. The molecule has 0 aliphatic carbocycles. The number of nitrogens with zero attached hydrogens (tertiary/aromatic N) is 2. The largest absolute Gasteiger partial charge is 0.481 e. The Balaban J connectivity index is 1.49. The molecule has 107 heavy (non-hydrogen) atoms. The van der Waals surface area contributed by atoms with E-state index in [9.17, 15) is 87.5 Å². The van der Waals surface area contributed by atoms with Crippen LogP contribution in [0.4, 0.5) is 0 Å². The number of likely N-dealkylation sites (tertiary alicyclic amines) is 1. The van der Waals surface area contributed by atoms with E-state index in [2.05, 4.69) is 89.8 Å². The summed E-state index contributed by atoms with van der Waals surface area (Å²) in [6, 6.07) is -9.66. The molecule has 1 aromatic carbocycles. The van der Waals surface area contributed by atoms with Crippen molar-refractivity contribution in [2.75, 3.05) is 39.4 Å². The molecule has 1 fully saturated rings. The molecule has 30 N–H and O–H groups in total. The number of rotatable bonds is 48. The van der Waals surface area contributed by atoms with Crippen molar-refractivity contribution in [1.82, 2.24) is 89.0 Å². The standard InChI is InChI=1S/C67H110N22O18/c1-33(2)23-45(80-51(92)29-77-55(96)42(15-10-20-74-66(69)70)81-54(95)40(68)30-90)59(100)83-44(18-19-52(93)94)57(98)88-53(35(5)6)63(104)87-49(31-91)61(102)85-47(26-38-28-73-32-78-38)60(101)82-43(16-11-21-75-67(71)72)56(97)84-46(24-34(3)4)58(99)79-36(7)64(105)89-22-12-17-50(89)62(103)86-48(65(106)107)25-37-27-76-41-14-9-8-13-39(37)41/h8-9,13-14,27-28,32-36,40,42-50,53,66-67,74-76,90-91H,10-12,15-26,29-31,68-72H2,1-7H3,(H,73,78)(H,77,96)(H,79,99)(H,80,92)(H,81,95)(H,82,101)(H,83,100)(H,84,97)(H,85,102)(H,86,103)(H,87,104)(H,88,98)(H,93,94)(H,106,107)/p+1/t36-,40-,42-,43-,44-,45-,46-,47-,48-,49-,50-,53-/m0/s1. The monoisotopic (exact) mass is 1510 g/mol. The summed E-state index contributed by atoms with van der Waals surface area (Å²) < 4.78 is 0. The molecule has 596 valence electrons. The number of hydrogen-bond donors (Lipinski definition) is 24. The average Bonchev–Trinajstić information content (AvgIpc) is 1.69. The molecule has 1 aliphatic rings. The molecule has 3 heterocycles. The van der Waals surface area contributed by atoms with Crippen LogP contribution < -0.4 is 97.8 Å². The zero-order chi connectivity index (χ0) is 79.8. The zero-order valence-corrected chi connectivity index (χ0v) is 61.5. The van der Waals surface area contributed by atoms with Crippen molar-refractivity contribution in [2.24, 2.45) is 40.7 Å². The van der Waals surface area contributed by atoms with E-state index in [1.54, 1.807) is 40.0 Å². The second-order valence-corrected chi connectivity index (χ2v) is 27.6. The third-order valence-electron chi connectivity index (χ3n) is 17.3. The summed E-state index contributed by atoms with van der Waals surface area (Å²) in [6.45, 7) is 9.39. The van der Waals surface area contributed by atoms with Gasteiger partial charge in [-0.15, -0.1) is 0 Å². The molecule has 40 heteroatoms. The summed E-state index contributed by atoms with van der Waals surface area (Å²) in [6.07, 6.45) is 1.71. The topological polar surface area (TPSA) is 656 Å². The number of carbonyl (C=O) groups is 14. The highest BCUT2D eigenvalue weighted by Gasteiger charge is 2.41. The normalized spacial score (nSPS) is 16.0. The second-order valence-electron chi connectivity index (χ2n) is 27.6. The van der Waals surface area contributed by atoms with Crippen molar-refractivity contribution in [1.29, 1.82) is 0 Å². The number of aliphatic hydroxyl groups is 2. The van der Waals surface area contributed by atoms with Crippen molar-refractivity contribution in [3.8, 4) is 0 Å². The van der Waals surface area contributed by atoms with Crippen molar-refractivity contribution in [3.05, 3.63) is 54.2 Å². The number of aromatic nitrogens is 3. The number of nitrogens with two attached hydrogens (primary N) is 4. The zero-order valence-electron chi connectivity index (χ0n) is 61.5. The lowest BCUT2D eigenvalue weighted by molar-refractivity contribution is -0.409. The Morgan fingerprint density at radius 1 is 0.579 bits per heavy atom. The van der Waals surface area contributed by atoms with E-state index < -0.39 is 206 Å². The number of aliphatic carboxylic acids is 2. The van der Waals surface area contributed by atoms with Crippen LogP contribution in [0.5, 0.6) is 0 Å². The first-order valence-corrected chi connectivity index (χ1v) is 35.7. The van der Waals surface area contributed by atoms with Crippen LogP contribution in [-0.4, -0.2) is 248 Å². The Kier molecular flexibility index (Phi) is 37.7. The summed E-state index contributed by atoms with van der Waals surface area (Å²) >= 11 is 0. The Labute approximate surface area is 618 Å². The van der Waals surface area contributed by atoms with Crippen molar-refractivity contribution < 1.29 is 93.3 Å². The van der Waals surface area contributed by atoms with Crippen LogP contribution in [0.25, 0.3) is 10.9 Å². The van der Waals surface area contributed by atoms with Gasteiger partial charge in [-0.25, -0.2) is 9.78 Å². The highest BCUT2D eigenvalue weighted by Crippen LogP contribution is 2.22. The van der Waals surface area contributed by atoms with Gasteiger partial charge in [-0.2, -0.15) is 0 Å². The molecule has 12 amide bonds. The van der Waals surface area contributed by atoms with Crippen LogP contribution in [0.2, 0.25) is 0 Å². The van der Waals surface area contributed by atoms with Gasteiger partial charge in [0, 0.05) is 54.8 Å². The number of hydrogen-bond acceptors (Lipinski definition) is 23. The molecular weight excluding hydrogens is 1400 g/mol. The lowest BCUT2D eigenvalue weighted by Gasteiger charge is -2.30. The molecule has 0 bridgehead atoms. The van der Waals surface area contributed by atoms with Gasteiger partial charge in [0.1, 0.15) is 85.6 Å². The Bertz CT molecular complexity index is 3460. The molecular formula is C67H111N22O18+. The van der Waals surface area contributed by atoms with Crippen molar-refractivity contribution >= 4 is 93.7 Å². The SMILES string of the molecule is CC(C)C[C@H](NC(=O)CNC(=O)[C@H](CCCNC(N)N)NC(=O)[C@@H]([NH3+])CO)C(=O)N[C@@H](CCC(=O)O)C(=O)N[C@H](C(=O)N[C@@H](CO)C(=O)N[C@@H](Cc1cnc[nH]1)C(=O)N[C@@H](CCCNC(N)N)C(=O)N[C@@H](CC(C)C)C(=O)N[C@@H](C)C(=O)N1CCC[C@H]1C(=O)N[C@@H](Cc1c[nH]c2ccccc12)C(=O)O)C(C)C. The summed E-state index contributed by atoms with van der Waals surface area (Å²) in [4.78, 5) is 203. The van der Waals surface area contributed by atoms with Gasteiger partial charge in [-0.05, 0) is 107 Å². The van der Waals surface area contributed by atoms with Crippen molar-refractivity contribution in [3.63, 3.8) is 0 Å². The fourth-order valence-corrected chi connectivity index (χ4v) is 11.6. The summed E-state index contributed by atoms with van der Waals surface area (Å²) in [5.41, 5.74) is 27.7. The van der Waals surface area contributed by atoms with Gasteiger partial charge in [0.2, 0.25) is 65.0 Å². The van der Waals surface area contributed by atoms with Gasteiger partial charge in [-0.1, -0.05) is 59.7 Å². The highest BCUT2D eigenvalue weighted by atomic mass is 16.4. The first-order valence-electron chi connectivity index (χ1n) is 35.7. The van der Waals surface area contributed by atoms with Crippen molar-refractivity contribution in [2.45, 2.75) is 211 Å². The molecule has 0 unspecified atom stereocenters. The van der Waals surface area contributed by atoms with E-state index in [0.29, 0.717) is 12.0 Å². The minimum atomic E-state index is -1.85. The van der Waals surface area contributed by atoms with Crippen LogP contribution in [-0.2, 0) is 80.0 Å². The fraction of sp³-hybridized carbons (Fsp3) is 0.627. The minimum absolute atomic E-state index is 0.0119. The van der Waals surface area contributed by atoms with Crippen LogP contribution in [0.1, 0.15) is 124 Å². The smallest absolute Gasteiger partial charge is 0.326 e. The lowest BCUT2D eigenvalue weighted by atomic mass is 10.0. The first kappa shape index (κ1) is 89.6. The third-order valence-corrected chi connectivity index (χ3v) is 17.3. The maximum absolute atomic E-state index is 14.6. The molecule has 12 atom stereocenters. The number of nitrogens with one attached hydrogen (secondary N) is 15. The number of carbonyl (C=O) groups excluding carboxylic acids is 12. The molecule has 1 saturated heterocycles. The van der Waals surface area contributed by atoms with Crippen LogP contribution in [0.15, 0.2) is 43.0 Å². The van der Waals surface area contributed by atoms with Gasteiger partial charge >= 0.3 is 11.9 Å². The summed E-state index contributed by atoms with van der Waals surface area (Å²) in [5.74, 6) is -14.8. The van der Waals surface area contributed by atoms with Gasteiger partial charge < -0.3 is 122 Å². The van der Waals surface area contributed by atoms with E-state index in [-0.39, 0.29) is 95.0 Å². The average molecular weight is 1510 g/mol. The lowest BCUT2D eigenvalue weighted by Crippen LogP contribution is -2.70. The molecule has 0 saturated carbocycles. The molecule has 40 nitrogen and oxygen atoms in total. The summed E-state index contributed by atoms with van der Waals surface area (Å²) in [5, 5.41) is 74.0. The van der Waals surface area contributed by atoms with E-state index in [0.717, 1.165) is 10.9 Å². The number of amides is 12. The van der Waals surface area contributed by atoms with E-state index in [1.165, 1.54) is 38.2 Å². The maximum Gasteiger partial charge on any atom is 0.326 e. The van der Waals surface area contributed by atoms with Gasteiger partial charge in [0.05, 0.1) is 19.5 Å². The van der Waals surface area contributed by atoms with Gasteiger partial charge in [0.15, 0.2) is 6.04 Å². The number of benzene rings is 1. The second kappa shape index (κ2) is 45.0. The minimum Gasteiger partial charge on any atom is -0.481 e. The van der Waals surface area contributed by atoms with Gasteiger partial charge in [0.25, 0.3) is 5.91 Å². The Hall–Kier alpha value is -9.81. The molecule has 3 aromatic rings. The van der Waals surface area contributed by atoms with Gasteiger partial charge in [-0.3, -0.25) is 73.0 Å². The Morgan fingerprint density at radius 2 is 1.10 bits per heavy atom. The number of carboxylic acid groups (broad SMARTS) is 2. The molecule has 2 aromatic heterocycles. The van der Waals surface area contributed by atoms with Crippen LogP contribution in [0.3, 0.4) is 0 Å². The van der Waals surface area contributed by atoms with Crippen LogP contribution >= 0.6 is 0 Å². The number of para-hydroxylation sites is 1. The van der Waals surface area contributed by atoms with E-state index in [1.807, 2.05) is 18.2 Å². The molecule has 0 radical (unpaired) electrons. The molecule has 4 rings (SSSR count). The quantitative estimate of drug-likeness (QED) is 0.0184. The third kappa shape index (κ3) is 30.5. The predicted octanol–water partition coefficient (Wildman–Crippen LogP) is -7.91. The number of H-pyrrole nitrogens is 2. The first-order chi connectivity index (χ1) is 50.5. The number of quaternary nitrogens is 1. The summed E-state index contributed by atoms with van der Waals surface area (Å²) in [7, 11) is 0. The number of aromatic amines is 2. The maximum atomic E-state index is 14.6. The number of carboxylic acids is 2. The van der Waals surface area contributed by atoms with E-state index >= 15 is 0 Å². The number of imidazole rings is 1. The number of aliphatic hydroxyl groups excluding tert-OH is 2. The fourth-order valence-electron chi connectivity index (χ4n) is 11.6. The van der Waals surface area contributed by atoms with E-state index in [4.69, 9.17) is 22.9 Å². The highest BCUT2D eigenvalue weighted by molar-refractivity contribution is 6.00. The van der Waals surface area contributed by atoms with Crippen LogP contribution in [0, 0.1) is 17.8 Å². The number of fused-ring (bicyclic) bond motifs is 1. The molecule has 1 aliphatic heterocycles. The predicted molar refractivity (Wildman–Crippen MR) is 385 cm³/mol. The molecule has 0 spiro atoms.